The zero-order valence-corrected chi connectivity index (χ0v) is 18.2. The molecule has 0 radical (unpaired) electrons. The number of nitrogens with zero attached hydrogens (tertiary/aromatic N) is 5. The molecule has 10 heteroatoms. The molecular formula is C20H26N6O3S. The molecule has 30 heavy (non-hydrogen) atoms. The highest BCUT2D eigenvalue weighted by atomic mass is 32.2. The Morgan fingerprint density at radius 2 is 1.93 bits per heavy atom. The maximum absolute atomic E-state index is 12.8. The molecule has 4 rings (SSSR count). The number of aryl methyl sites for hydroxylation is 3. The summed E-state index contributed by atoms with van der Waals surface area (Å²) < 4.78 is 30.6. The fourth-order valence-corrected chi connectivity index (χ4v) is 5.18. The summed E-state index contributed by atoms with van der Waals surface area (Å²) in [5.41, 5.74) is 2.77. The van der Waals surface area contributed by atoms with Crippen molar-refractivity contribution in [2.45, 2.75) is 38.3 Å². The van der Waals surface area contributed by atoms with Crippen molar-refractivity contribution >= 4 is 21.6 Å². The fraction of sp³-hybridized carbons (Fsp3) is 0.450. The van der Waals surface area contributed by atoms with Crippen molar-refractivity contribution in [1.29, 1.82) is 0 Å². The minimum atomic E-state index is -3.63. The van der Waals surface area contributed by atoms with Crippen molar-refractivity contribution in [2.75, 3.05) is 13.1 Å². The first-order valence-corrected chi connectivity index (χ1v) is 11.4. The number of hydrogen-bond acceptors (Lipinski definition) is 5. The van der Waals surface area contributed by atoms with Gasteiger partial charge >= 0.3 is 0 Å². The van der Waals surface area contributed by atoms with Crippen molar-refractivity contribution < 1.29 is 13.2 Å². The van der Waals surface area contributed by atoms with Gasteiger partial charge in [-0.25, -0.2) is 18.4 Å². The first-order chi connectivity index (χ1) is 14.2. The molecule has 160 valence electrons. The Kier molecular flexibility index (Phi) is 5.37. The summed E-state index contributed by atoms with van der Waals surface area (Å²) in [6, 6.07) is 4.00. The van der Waals surface area contributed by atoms with Crippen molar-refractivity contribution in [2.24, 2.45) is 13.0 Å². The zero-order valence-electron chi connectivity index (χ0n) is 17.4. The third-order valence-electron chi connectivity index (χ3n) is 5.62. The first kappa shape index (κ1) is 20.5. The Balaban J connectivity index is 1.33. The van der Waals surface area contributed by atoms with E-state index < -0.39 is 10.0 Å². The molecule has 3 aromatic heterocycles. The van der Waals surface area contributed by atoms with Gasteiger partial charge in [-0.3, -0.25) is 4.79 Å². The number of aromatic nitrogens is 4. The highest BCUT2D eigenvalue weighted by Crippen LogP contribution is 2.23. The Bertz CT molecular complexity index is 1170. The monoisotopic (exact) mass is 430 g/mol. The molecule has 3 aromatic rings. The Morgan fingerprint density at radius 1 is 1.20 bits per heavy atom. The van der Waals surface area contributed by atoms with Gasteiger partial charge in [0.15, 0.2) is 5.03 Å². The van der Waals surface area contributed by atoms with Crippen LogP contribution in [0.15, 0.2) is 35.7 Å². The third kappa shape index (κ3) is 3.97. The number of carbonyl (C=O) groups excluding carboxylic acids is 1. The molecule has 1 saturated heterocycles. The van der Waals surface area contributed by atoms with Crippen LogP contribution in [0.2, 0.25) is 0 Å². The van der Waals surface area contributed by atoms with Gasteiger partial charge in [0.25, 0.3) is 10.0 Å². The predicted molar refractivity (Wildman–Crippen MR) is 111 cm³/mol. The van der Waals surface area contributed by atoms with Gasteiger partial charge in [0, 0.05) is 44.6 Å². The number of fused-ring (bicyclic) bond motifs is 1. The van der Waals surface area contributed by atoms with E-state index in [-0.39, 0.29) is 16.9 Å². The molecule has 1 aliphatic rings. The maximum Gasteiger partial charge on any atom is 0.262 e. The highest BCUT2D eigenvalue weighted by Gasteiger charge is 2.33. The van der Waals surface area contributed by atoms with E-state index in [2.05, 4.69) is 15.3 Å². The molecule has 1 N–H and O–H groups in total. The summed E-state index contributed by atoms with van der Waals surface area (Å²) >= 11 is 0. The number of amides is 1. The minimum Gasteiger partial charge on any atom is -0.350 e. The van der Waals surface area contributed by atoms with Crippen LogP contribution in [-0.4, -0.2) is 50.7 Å². The lowest BCUT2D eigenvalue weighted by atomic mass is 9.97. The molecule has 1 aliphatic heterocycles. The fourth-order valence-electron chi connectivity index (χ4n) is 3.68. The molecule has 0 aromatic carbocycles. The largest absolute Gasteiger partial charge is 0.350 e. The van der Waals surface area contributed by atoms with Gasteiger partial charge in [-0.05, 0) is 44.4 Å². The van der Waals surface area contributed by atoms with Crippen molar-refractivity contribution in [3.8, 4) is 0 Å². The molecule has 0 spiro atoms. The molecular weight excluding hydrogens is 404 g/mol. The molecule has 4 heterocycles. The van der Waals surface area contributed by atoms with Crippen LogP contribution in [0.3, 0.4) is 0 Å². The first-order valence-electron chi connectivity index (χ1n) is 9.96. The molecule has 0 bridgehead atoms. The van der Waals surface area contributed by atoms with Crippen LogP contribution < -0.4 is 5.32 Å². The Labute approximate surface area is 175 Å². The van der Waals surface area contributed by atoms with Crippen LogP contribution >= 0.6 is 0 Å². The van der Waals surface area contributed by atoms with Crippen LogP contribution in [0.25, 0.3) is 5.65 Å². The van der Waals surface area contributed by atoms with E-state index in [1.807, 2.05) is 35.9 Å². The molecule has 0 saturated carbocycles. The van der Waals surface area contributed by atoms with E-state index in [0.717, 1.165) is 16.9 Å². The van der Waals surface area contributed by atoms with Gasteiger partial charge in [0.2, 0.25) is 5.91 Å². The van der Waals surface area contributed by atoms with Gasteiger partial charge in [0.1, 0.15) is 11.5 Å². The maximum atomic E-state index is 12.8. The van der Waals surface area contributed by atoms with E-state index in [1.54, 1.807) is 18.5 Å². The quantitative estimate of drug-likeness (QED) is 0.659. The average molecular weight is 431 g/mol. The molecule has 0 atom stereocenters. The molecule has 0 unspecified atom stereocenters. The van der Waals surface area contributed by atoms with Crippen molar-refractivity contribution in [3.63, 3.8) is 0 Å². The summed E-state index contributed by atoms with van der Waals surface area (Å²) in [6.07, 6.45) is 6.35. The van der Waals surface area contributed by atoms with Crippen LogP contribution in [0.4, 0.5) is 0 Å². The van der Waals surface area contributed by atoms with E-state index in [4.69, 9.17) is 0 Å². The van der Waals surface area contributed by atoms with Gasteiger partial charge < -0.3 is 14.3 Å². The van der Waals surface area contributed by atoms with Crippen LogP contribution in [0.1, 0.15) is 29.9 Å². The Hall–Kier alpha value is -2.72. The number of imidazole rings is 2. The van der Waals surface area contributed by atoms with Gasteiger partial charge in [-0.1, -0.05) is 0 Å². The minimum absolute atomic E-state index is 0.0611. The van der Waals surface area contributed by atoms with Gasteiger partial charge in [-0.2, -0.15) is 4.31 Å². The Morgan fingerprint density at radius 3 is 2.60 bits per heavy atom. The summed E-state index contributed by atoms with van der Waals surface area (Å²) in [5, 5.41) is 3.00. The molecule has 0 aliphatic carbocycles. The second-order valence-corrected chi connectivity index (χ2v) is 9.72. The lowest BCUT2D eigenvalue weighted by molar-refractivity contribution is -0.126. The normalized spacial score (nSPS) is 16.2. The summed E-state index contributed by atoms with van der Waals surface area (Å²) in [6.45, 7) is 4.75. The van der Waals surface area contributed by atoms with Crippen LogP contribution in [0.5, 0.6) is 0 Å². The summed E-state index contributed by atoms with van der Waals surface area (Å²) in [4.78, 5) is 21.3. The number of hydrogen-bond donors (Lipinski definition) is 1. The highest BCUT2D eigenvalue weighted by molar-refractivity contribution is 7.89. The number of rotatable bonds is 5. The topological polar surface area (TPSA) is 102 Å². The molecule has 1 amide bonds. The number of carbonyl (C=O) groups is 1. The summed E-state index contributed by atoms with van der Waals surface area (Å²) in [7, 11) is -1.86. The third-order valence-corrected chi connectivity index (χ3v) is 7.40. The predicted octanol–water partition coefficient (Wildman–Crippen LogP) is 1.40. The number of nitrogens with one attached hydrogen (secondary N) is 1. The van der Waals surface area contributed by atoms with E-state index in [9.17, 15) is 13.2 Å². The smallest absolute Gasteiger partial charge is 0.262 e. The van der Waals surface area contributed by atoms with Crippen molar-refractivity contribution in [1.82, 2.24) is 28.6 Å². The van der Waals surface area contributed by atoms with Gasteiger partial charge in [0.05, 0.1) is 12.2 Å². The standard InChI is InChI=1S/C20H26N6O3S/c1-14-4-7-25-12-17(23-18(25)10-14)11-21-20(27)16-5-8-26(9-6-16)30(28,29)19-13-24(3)15(2)22-19/h4,7,10,12-13,16H,5-6,8-9,11H2,1-3H3,(H,21,27). The van der Waals surface area contributed by atoms with Gasteiger partial charge in [-0.15, -0.1) is 0 Å². The van der Waals surface area contributed by atoms with Crippen molar-refractivity contribution in [3.05, 3.63) is 47.8 Å². The lowest BCUT2D eigenvalue weighted by Crippen LogP contribution is -2.43. The van der Waals surface area contributed by atoms with Crippen LogP contribution in [0, 0.1) is 19.8 Å². The van der Waals surface area contributed by atoms with E-state index in [1.165, 1.54) is 10.5 Å². The second kappa shape index (κ2) is 7.84. The lowest BCUT2D eigenvalue weighted by Gasteiger charge is -2.29. The van der Waals surface area contributed by atoms with E-state index in [0.29, 0.717) is 38.3 Å². The average Bonchev–Trinajstić information content (AvgIpc) is 3.28. The second-order valence-electron chi connectivity index (χ2n) is 7.84. The van der Waals surface area contributed by atoms with Crippen LogP contribution in [-0.2, 0) is 28.4 Å². The number of piperidine rings is 1. The zero-order chi connectivity index (χ0) is 21.5. The molecule has 9 nitrogen and oxygen atoms in total. The molecule has 1 fully saturated rings. The SMILES string of the molecule is Cc1ccn2cc(CNC(=O)C3CCN(S(=O)(=O)c4cn(C)c(C)n4)CC3)nc2c1. The summed E-state index contributed by atoms with van der Waals surface area (Å²) in [5.74, 6) is 0.375. The van der Waals surface area contributed by atoms with E-state index >= 15 is 0 Å². The number of sulfonamides is 1. The number of pyridine rings is 1.